The molecule has 0 bridgehead atoms. The minimum atomic E-state index is 0. The Morgan fingerprint density at radius 1 is 1.00 bits per heavy atom. The zero-order valence-electron chi connectivity index (χ0n) is 8.96. The van der Waals surface area contributed by atoms with Gasteiger partial charge in [0.05, 0.1) is 0 Å². The van der Waals surface area contributed by atoms with E-state index in [1.54, 1.807) is 6.08 Å². The van der Waals surface area contributed by atoms with Crippen molar-refractivity contribution >= 4 is 0 Å². The molecule has 0 heterocycles. The van der Waals surface area contributed by atoms with Crippen LogP contribution in [0.15, 0.2) is 18.2 Å². The van der Waals surface area contributed by atoms with Gasteiger partial charge in [-0.3, -0.25) is 6.58 Å². The second kappa shape index (κ2) is 42.4. The summed E-state index contributed by atoms with van der Waals surface area (Å²) in [6.07, 6.45) is 9.15. The second-order valence-corrected chi connectivity index (χ2v) is 1.87. The van der Waals surface area contributed by atoms with Crippen molar-refractivity contribution in [2.45, 2.75) is 34.6 Å². The van der Waals surface area contributed by atoms with Crippen molar-refractivity contribution in [3.8, 4) is 0 Å². The third kappa shape index (κ3) is 163. The summed E-state index contributed by atoms with van der Waals surface area (Å²) in [5, 5.41) is 0. The molecule has 0 N–H and O–H groups in total. The van der Waals surface area contributed by atoms with Crippen molar-refractivity contribution in [3.63, 3.8) is 0 Å². The zero-order chi connectivity index (χ0) is 9.54. The maximum absolute atomic E-state index is 4.93. The molecule has 0 aliphatic rings. The monoisotopic (exact) mass is 243 g/mol. The van der Waals surface area contributed by atoms with Crippen LogP contribution in [0.25, 0.3) is 0 Å². The Hall–Kier alpha value is 0.363. The number of hydrogen-bond acceptors (Lipinski definition) is 0. The third-order valence-electron chi connectivity index (χ3n) is 0.304. The average Bonchev–Trinajstić information content (AvgIpc) is 1.92. The van der Waals surface area contributed by atoms with Crippen LogP contribution in [-0.4, -0.2) is 0 Å². The Balaban J connectivity index is -0.0000000406. The summed E-state index contributed by atoms with van der Waals surface area (Å²) in [6, 6.07) is 0. The summed E-state index contributed by atoms with van der Waals surface area (Å²) >= 11 is 0. The Morgan fingerprint density at radius 3 is 1.25 bits per heavy atom. The van der Waals surface area contributed by atoms with E-state index in [0.29, 0.717) is 0 Å². The molecule has 0 aromatic carbocycles. The molecular formula is C11H21Zr. The molecule has 0 spiro atoms. The van der Waals surface area contributed by atoms with E-state index < -0.39 is 0 Å². The molecular weight excluding hydrogens is 223 g/mol. The van der Waals surface area contributed by atoms with Gasteiger partial charge in [0.2, 0.25) is 0 Å². The molecule has 0 saturated carbocycles. The maximum atomic E-state index is 4.93. The first-order valence-electron chi connectivity index (χ1n) is 3.89. The molecule has 0 saturated heterocycles. The molecule has 0 nitrogen and oxygen atoms in total. The summed E-state index contributed by atoms with van der Waals surface area (Å²) in [7, 11) is 0. The fourth-order valence-corrected chi connectivity index (χ4v) is 0.111. The van der Waals surface area contributed by atoms with Gasteiger partial charge in [-0.2, -0.15) is 33.8 Å². The first kappa shape index (κ1) is 22.8. The number of rotatable bonds is 1. The van der Waals surface area contributed by atoms with Crippen molar-refractivity contribution in [1.29, 1.82) is 0 Å². The molecule has 1 heteroatoms. The second-order valence-electron chi connectivity index (χ2n) is 1.87. The Kier molecular flexibility index (Phi) is 80.7. The van der Waals surface area contributed by atoms with Gasteiger partial charge in [0.15, 0.2) is 0 Å². The predicted molar refractivity (Wildman–Crippen MR) is 55.0 cm³/mol. The molecule has 1 radical (unpaired) electrons. The van der Waals surface area contributed by atoms with Crippen molar-refractivity contribution in [1.82, 2.24) is 0 Å². The SMILES string of the molecule is C[CH-]C.C[CH-]C.[CH-]=CC=CC.[Zr+3]. The summed E-state index contributed by atoms with van der Waals surface area (Å²) in [6.45, 7) is 14.8. The van der Waals surface area contributed by atoms with Crippen LogP contribution < -0.4 is 0 Å². The molecule has 0 aliphatic carbocycles. The van der Waals surface area contributed by atoms with Crippen LogP contribution in [0.1, 0.15) is 34.6 Å². The predicted octanol–water partition coefficient (Wildman–Crippen LogP) is 4.01. The molecule has 0 rings (SSSR count). The topological polar surface area (TPSA) is 0 Å². The molecule has 12 heavy (non-hydrogen) atoms. The first-order valence-corrected chi connectivity index (χ1v) is 3.89. The van der Waals surface area contributed by atoms with Gasteiger partial charge in [-0.15, -0.1) is 0 Å². The van der Waals surface area contributed by atoms with Crippen molar-refractivity contribution in [3.05, 3.63) is 37.6 Å². The fraction of sp³-hybridized carbons (Fsp3) is 0.455. The van der Waals surface area contributed by atoms with E-state index >= 15 is 0 Å². The molecule has 0 aromatic rings. The molecule has 0 fully saturated rings. The van der Waals surface area contributed by atoms with Crippen LogP contribution in [0.3, 0.4) is 0 Å². The zero-order valence-corrected chi connectivity index (χ0v) is 11.4. The standard InChI is InChI=1S/C5H7.2C3H7.Zr/c1-3-5-4-2;2*1-3-2;/h1,3-5H,2H3;2*3H,1-2H3;/q3*-1;+3. The van der Waals surface area contributed by atoms with Crippen molar-refractivity contribution < 1.29 is 26.2 Å². The van der Waals surface area contributed by atoms with E-state index in [2.05, 4.69) is 0 Å². The maximum Gasteiger partial charge on any atom is 3.00 e. The van der Waals surface area contributed by atoms with Gasteiger partial charge in [0, 0.05) is 0 Å². The van der Waals surface area contributed by atoms with E-state index in [1.807, 2.05) is 53.5 Å². The molecule has 0 atom stereocenters. The van der Waals surface area contributed by atoms with Crippen molar-refractivity contribution in [2.24, 2.45) is 0 Å². The van der Waals surface area contributed by atoms with Gasteiger partial charge in [-0.05, 0) is 0 Å². The van der Waals surface area contributed by atoms with Gasteiger partial charge in [0.1, 0.15) is 0 Å². The summed E-state index contributed by atoms with van der Waals surface area (Å²) in [4.78, 5) is 0. The Morgan fingerprint density at radius 2 is 1.25 bits per heavy atom. The first-order chi connectivity index (χ1) is 5.24. The van der Waals surface area contributed by atoms with Crippen LogP contribution in [0.4, 0.5) is 0 Å². The molecule has 0 amide bonds. The van der Waals surface area contributed by atoms with E-state index in [-0.39, 0.29) is 26.2 Å². The largest absolute Gasteiger partial charge is 3.00 e. The van der Waals surface area contributed by atoms with Crippen LogP contribution in [0.5, 0.6) is 0 Å². The number of hydrogen-bond donors (Lipinski definition) is 0. The molecule has 0 aliphatic heterocycles. The molecule has 0 unspecified atom stereocenters. The average molecular weight is 245 g/mol. The molecule has 69 valence electrons. The van der Waals surface area contributed by atoms with Crippen LogP contribution >= 0.6 is 0 Å². The smallest absolute Gasteiger partial charge is 0.335 e. The third-order valence-corrected chi connectivity index (χ3v) is 0.304. The molecule has 0 aromatic heterocycles. The van der Waals surface area contributed by atoms with E-state index in [9.17, 15) is 0 Å². The van der Waals surface area contributed by atoms with Gasteiger partial charge in [0.25, 0.3) is 0 Å². The van der Waals surface area contributed by atoms with E-state index in [4.69, 9.17) is 6.58 Å². The van der Waals surface area contributed by atoms with Gasteiger partial charge >= 0.3 is 26.2 Å². The number of allylic oxidation sites excluding steroid dienone is 3. The summed E-state index contributed by atoms with van der Waals surface area (Å²) < 4.78 is 0. The van der Waals surface area contributed by atoms with Gasteiger partial charge < -0.3 is 12.8 Å². The summed E-state index contributed by atoms with van der Waals surface area (Å²) in [5.41, 5.74) is 0. The van der Waals surface area contributed by atoms with E-state index in [1.165, 1.54) is 6.08 Å². The van der Waals surface area contributed by atoms with Gasteiger partial charge in [-0.1, -0.05) is 6.92 Å². The minimum absolute atomic E-state index is 0. The van der Waals surface area contributed by atoms with Crippen LogP contribution in [0.2, 0.25) is 0 Å². The van der Waals surface area contributed by atoms with E-state index in [0.717, 1.165) is 0 Å². The van der Waals surface area contributed by atoms with Crippen LogP contribution in [0, 0.1) is 19.4 Å². The fourth-order valence-electron chi connectivity index (χ4n) is 0.111. The summed E-state index contributed by atoms with van der Waals surface area (Å²) in [5.74, 6) is 0. The Bertz CT molecular complexity index is 63.4. The normalized spacial score (nSPS) is 6.75. The van der Waals surface area contributed by atoms with Crippen LogP contribution in [-0.2, 0) is 26.2 Å². The van der Waals surface area contributed by atoms with Crippen molar-refractivity contribution in [2.75, 3.05) is 0 Å². The quantitative estimate of drug-likeness (QED) is 0.483. The minimum Gasteiger partial charge on any atom is -0.335 e. The van der Waals surface area contributed by atoms with Gasteiger partial charge in [-0.25, -0.2) is 12.2 Å². The Labute approximate surface area is 98.3 Å².